The van der Waals surface area contributed by atoms with Crippen LogP contribution in [0.4, 0.5) is 5.69 Å². The minimum Gasteiger partial charge on any atom is -0.486 e. The summed E-state index contributed by atoms with van der Waals surface area (Å²) < 4.78 is 33.4. The van der Waals surface area contributed by atoms with Gasteiger partial charge in [0.05, 0.1) is 11.7 Å². The van der Waals surface area contributed by atoms with Crippen LogP contribution in [0.5, 0.6) is 11.5 Å². The zero-order valence-electron chi connectivity index (χ0n) is 19.7. The molecule has 2 aromatic carbocycles. The van der Waals surface area contributed by atoms with E-state index in [0.29, 0.717) is 42.4 Å². The Morgan fingerprint density at radius 1 is 1.11 bits per heavy atom. The highest BCUT2D eigenvalue weighted by Crippen LogP contribution is 2.31. The molecule has 0 saturated carbocycles. The number of aryl methyl sites for hydroxylation is 1. The van der Waals surface area contributed by atoms with Gasteiger partial charge in [-0.15, -0.1) is 11.3 Å². The number of rotatable bonds is 11. The molecule has 0 spiro atoms. The van der Waals surface area contributed by atoms with Gasteiger partial charge >= 0.3 is 0 Å². The summed E-state index contributed by atoms with van der Waals surface area (Å²) in [5, 5.41) is 5.80. The first-order valence-electron chi connectivity index (χ1n) is 11.5. The second-order valence-electron chi connectivity index (χ2n) is 8.18. The van der Waals surface area contributed by atoms with Gasteiger partial charge < -0.3 is 14.8 Å². The number of hydrogen-bond acceptors (Lipinski definition) is 7. The molecule has 1 amide bonds. The van der Waals surface area contributed by atoms with Gasteiger partial charge in [0.15, 0.2) is 17.3 Å². The van der Waals surface area contributed by atoms with Crippen LogP contribution >= 0.6 is 11.3 Å². The molecule has 1 unspecified atom stereocenters. The number of amides is 1. The average molecular weight is 530 g/mol. The van der Waals surface area contributed by atoms with E-state index in [9.17, 15) is 13.8 Å². The number of hydrogen-bond donors (Lipinski definition) is 3. The molecule has 2 atom stereocenters. The number of nitrogens with one attached hydrogen (secondary N) is 2. The molecule has 0 radical (unpaired) electrons. The predicted octanol–water partition coefficient (Wildman–Crippen LogP) is 4.09. The average Bonchev–Trinajstić information content (AvgIpc) is 3.37. The zero-order valence-corrected chi connectivity index (χ0v) is 21.3. The molecule has 0 fully saturated rings. The van der Waals surface area contributed by atoms with E-state index in [0.717, 1.165) is 22.7 Å². The highest BCUT2D eigenvalue weighted by atomic mass is 32.2. The third-order valence-electron chi connectivity index (χ3n) is 5.61. The lowest BCUT2D eigenvalue weighted by molar-refractivity contribution is -0.121. The van der Waals surface area contributed by atoms with Gasteiger partial charge in [0.25, 0.3) is 11.3 Å². The van der Waals surface area contributed by atoms with Gasteiger partial charge in [0, 0.05) is 29.5 Å². The van der Waals surface area contributed by atoms with Crippen LogP contribution in [0.25, 0.3) is 0 Å². The zero-order chi connectivity index (χ0) is 25.5. The number of anilines is 1. The lowest BCUT2D eigenvalue weighted by Crippen LogP contribution is -2.30. The molecule has 0 bridgehead atoms. The molecule has 1 aliphatic heterocycles. The molecular weight excluding hydrogens is 502 g/mol. The van der Waals surface area contributed by atoms with Crippen LogP contribution in [0, 0.1) is 0 Å². The van der Waals surface area contributed by atoms with Gasteiger partial charge in [-0.3, -0.25) is 18.9 Å². The maximum atomic E-state index is 12.8. The van der Waals surface area contributed by atoms with E-state index in [4.69, 9.17) is 14.0 Å². The van der Waals surface area contributed by atoms with Crippen LogP contribution in [0.1, 0.15) is 52.4 Å². The van der Waals surface area contributed by atoms with E-state index in [-0.39, 0.29) is 30.6 Å². The number of carbonyl (C=O) groups is 2. The Labute approximate surface area is 215 Å². The molecule has 11 heteroatoms. The molecule has 9 nitrogen and oxygen atoms in total. The molecule has 0 aliphatic carbocycles. The lowest BCUT2D eigenvalue weighted by Gasteiger charge is -2.19. The number of nitrogens with zero attached hydrogens (tertiary/aromatic N) is 1. The third kappa shape index (κ3) is 6.90. The maximum Gasteiger partial charge on any atom is 0.259 e. The Morgan fingerprint density at radius 2 is 1.86 bits per heavy atom. The molecule has 3 aromatic rings. The molecule has 1 aliphatic rings. The number of fused-ring (bicyclic) bond motifs is 1. The Morgan fingerprint density at radius 3 is 2.56 bits per heavy atom. The molecule has 36 heavy (non-hydrogen) atoms. The van der Waals surface area contributed by atoms with Crippen LogP contribution in [0.15, 0.2) is 47.8 Å². The smallest absolute Gasteiger partial charge is 0.259 e. The Balaban J connectivity index is 1.39. The van der Waals surface area contributed by atoms with E-state index in [1.165, 1.54) is 11.3 Å². The summed E-state index contributed by atoms with van der Waals surface area (Å²) >= 11 is -0.662. The Kier molecular flexibility index (Phi) is 8.68. The van der Waals surface area contributed by atoms with Crippen molar-refractivity contribution in [1.29, 1.82) is 0 Å². The SMILES string of the molecule is CCc1csc([C@H](Cc2ccc(NS(=O)O)cc2)NC(=O)CCC(=O)c2ccc3c(c2)OCCO3)n1. The van der Waals surface area contributed by atoms with Crippen molar-refractivity contribution in [3.63, 3.8) is 0 Å². The predicted molar refractivity (Wildman–Crippen MR) is 138 cm³/mol. The summed E-state index contributed by atoms with van der Waals surface area (Å²) in [4.78, 5) is 30.2. The second-order valence-corrected chi connectivity index (χ2v) is 9.78. The Bertz CT molecular complexity index is 1240. The Hall–Kier alpha value is -3.28. The maximum absolute atomic E-state index is 12.8. The largest absolute Gasteiger partial charge is 0.486 e. The van der Waals surface area contributed by atoms with Crippen LogP contribution in [0.2, 0.25) is 0 Å². The molecule has 1 aromatic heterocycles. The van der Waals surface area contributed by atoms with Crippen molar-refractivity contribution < 1.29 is 27.8 Å². The molecule has 0 saturated heterocycles. The van der Waals surface area contributed by atoms with E-state index >= 15 is 0 Å². The first-order chi connectivity index (χ1) is 17.4. The third-order valence-corrected chi connectivity index (χ3v) is 7.02. The quantitative estimate of drug-likeness (QED) is 0.252. The van der Waals surface area contributed by atoms with Crippen molar-refractivity contribution in [2.24, 2.45) is 0 Å². The number of benzene rings is 2. The van der Waals surface area contributed by atoms with Gasteiger partial charge in [-0.25, -0.2) is 9.19 Å². The second kappa shape index (κ2) is 12.1. The lowest BCUT2D eigenvalue weighted by atomic mass is 10.0. The van der Waals surface area contributed by atoms with Crippen LogP contribution in [-0.4, -0.2) is 38.6 Å². The fourth-order valence-electron chi connectivity index (χ4n) is 3.75. The highest BCUT2D eigenvalue weighted by molar-refractivity contribution is 7.80. The van der Waals surface area contributed by atoms with Crippen molar-refractivity contribution in [3.8, 4) is 11.5 Å². The van der Waals surface area contributed by atoms with Crippen molar-refractivity contribution in [2.45, 2.75) is 38.6 Å². The van der Waals surface area contributed by atoms with E-state index in [1.807, 2.05) is 24.4 Å². The molecule has 2 heterocycles. The van der Waals surface area contributed by atoms with E-state index < -0.39 is 11.3 Å². The number of ether oxygens (including phenoxy) is 2. The first kappa shape index (κ1) is 25.8. The first-order valence-corrected chi connectivity index (χ1v) is 13.5. The summed E-state index contributed by atoms with van der Waals surface area (Å²) in [5.74, 6) is 0.763. The summed E-state index contributed by atoms with van der Waals surface area (Å²) in [7, 11) is 0. The number of ketones is 1. The molecular formula is C25H27N3O6S2. The van der Waals surface area contributed by atoms with Crippen molar-refractivity contribution in [3.05, 3.63) is 69.7 Å². The molecule has 3 N–H and O–H groups in total. The minimum absolute atomic E-state index is 0.0426. The van der Waals surface area contributed by atoms with Gasteiger partial charge in [0.1, 0.15) is 18.2 Å². The van der Waals surface area contributed by atoms with Crippen molar-refractivity contribution in [1.82, 2.24) is 10.3 Å². The number of Topliss-reactive ketones (excluding diaryl/α,β-unsaturated/α-hetero) is 1. The van der Waals surface area contributed by atoms with Gasteiger partial charge in [-0.2, -0.15) is 0 Å². The summed E-state index contributed by atoms with van der Waals surface area (Å²) in [6, 6.07) is 11.7. The van der Waals surface area contributed by atoms with Crippen molar-refractivity contribution in [2.75, 3.05) is 17.9 Å². The standard InChI is InChI=1S/C25H27N3O6S2/c1-2-18-15-35-25(26-18)20(13-16-3-6-19(7-4-16)28-36(31)32)27-24(30)10-8-21(29)17-5-9-22-23(14-17)34-12-11-33-22/h3-7,9,14-15,20,28H,2,8,10-13H2,1H3,(H,27,30)(H,31,32)/t20-/m0/s1. The van der Waals surface area contributed by atoms with E-state index in [2.05, 4.69) is 15.0 Å². The number of aromatic nitrogens is 1. The van der Waals surface area contributed by atoms with Crippen LogP contribution in [-0.2, 0) is 28.9 Å². The monoisotopic (exact) mass is 529 g/mol. The topological polar surface area (TPSA) is 127 Å². The fourth-order valence-corrected chi connectivity index (χ4v) is 5.04. The molecule has 190 valence electrons. The van der Waals surface area contributed by atoms with E-state index in [1.54, 1.807) is 30.3 Å². The summed E-state index contributed by atoms with van der Waals surface area (Å²) in [6.07, 6.45) is 1.39. The fraction of sp³-hybridized carbons (Fsp3) is 0.320. The van der Waals surface area contributed by atoms with Crippen molar-refractivity contribution >= 4 is 40.0 Å². The van der Waals surface area contributed by atoms with Gasteiger partial charge in [-0.05, 0) is 48.7 Å². The molecule has 4 rings (SSSR count). The van der Waals surface area contributed by atoms with Crippen LogP contribution in [0.3, 0.4) is 0 Å². The van der Waals surface area contributed by atoms with Gasteiger partial charge in [0.2, 0.25) is 5.91 Å². The number of thiazole rings is 1. The van der Waals surface area contributed by atoms with Gasteiger partial charge in [-0.1, -0.05) is 19.1 Å². The number of carbonyl (C=O) groups excluding carboxylic acids is 2. The van der Waals surface area contributed by atoms with Crippen LogP contribution < -0.4 is 19.5 Å². The normalized spacial score (nSPS) is 14.1. The minimum atomic E-state index is -2.15. The summed E-state index contributed by atoms with van der Waals surface area (Å²) in [5.41, 5.74) is 2.87. The summed E-state index contributed by atoms with van der Waals surface area (Å²) in [6.45, 7) is 2.93. The highest BCUT2D eigenvalue weighted by Gasteiger charge is 2.21.